The van der Waals surface area contributed by atoms with E-state index in [1.165, 1.54) is 11.3 Å². The van der Waals surface area contributed by atoms with Crippen molar-refractivity contribution >= 4 is 11.3 Å². The van der Waals surface area contributed by atoms with Crippen LogP contribution in [0.4, 0.5) is 0 Å². The Bertz CT molecular complexity index is 673. The molecule has 0 fully saturated rings. The van der Waals surface area contributed by atoms with E-state index in [0.29, 0.717) is 6.54 Å². The quantitative estimate of drug-likeness (QED) is 0.835. The van der Waals surface area contributed by atoms with Gasteiger partial charge in [0.05, 0.1) is 12.8 Å². The summed E-state index contributed by atoms with van der Waals surface area (Å²) in [5.41, 5.74) is 8.70. The van der Waals surface area contributed by atoms with Crippen LogP contribution in [-0.4, -0.2) is 18.2 Å². The number of methoxy groups -OCH3 is 1. The van der Waals surface area contributed by atoms with Crippen molar-refractivity contribution in [1.29, 1.82) is 0 Å². The van der Waals surface area contributed by atoms with Gasteiger partial charge in [0, 0.05) is 11.4 Å². The molecule has 114 valence electrons. The SMILES string of the molecule is COc1ccc(-c2c(C)sc(=O)n2CCCCN)cc1C. The molecule has 2 rings (SSSR count). The van der Waals surface area contributed by atoms with Crippen molar-refractivity contribution in [3.05, 3.63) is 38.3 Å². The highest BCUT2D eigenvalue weighted by atomic mass is 32.1. The number of aryl methyl sites for hydroxylation is 2. The largest absolute Gasteiger partial charge is 0.496 e. The number of hydrogen-bond donors (Lipinski definition) is 1. The maximum absolute atomic E-state index is 12.2. The third-order valence-corrected chi connectivity index (χ3v) is 4.46. The van der Waals surface area contributed by atoms with E-state index in [1.54, 1.807) is 7.11 Å². The molecule has 0 amide bonds. The van der Waals surface area contributed by atoms with Gasteiger partial charge in [-0.3, -0.25) is 9.36 Å². The minimum absolute atomic E-state index is 0.105. The summed E-state index contributed by atoms with van der Waals surface area (Å²) in [6.45, 7) is 5.40. The third kappa shape index (κ3) is 3.36. The Balaban J connectivity index is 2.43. The molecule has 0 saturated carbocycles. The van der Waals surface area contributed by atoms with Gasteiger partial charge < -0.3 is 10.5 Å². The normalized spacial score (nSPS) is 10.9. The van der Waals surface area contributed by atoms with Gasteiger partial charge in [0.25, 0.3) is 0 Å². The maximum atomic E-state index is 12.2. The molecule has 0 unspecified atom stereocenters. The molecule has 0 saturated heterocycles. The van der Waals surface area contributed by atoms with Crippen LogP contribution in [0.25, 0.3) is 11.3 Å². The lowest BCUT2D eigenvalue weighted by Gasteiger charge is -2.11. The van der Waals surface area contributed by atoms with Crippen molar-refractivity contribution in [2.75, 3.05) is 13.7 Å². The van der Waals surface area contributed by atoms with Crippen molar-refractivity contribution in [2.45, 2.75) is 33.2 Å². The van der Waals surface area contributed by atoms with E-state index < -0.39 is 0 Å². The van der Waals surface area contributed by atoms with Crippen molar-refractivity contribution in [2.24, 2.45) is 5.73 Å². The van der Waals surface area contributed by atoms with Crippen molar-refractivity contribution in [3.63, 3.8) is 0 Å². The average Bonchev–Trinajstić information content (AvgIpc) is 2.73. The fourth-order valence-corrected chi connectivity index (χ4v) is 3.40. The van der Waals surface area contributed by atoms with Crippen molar-refractivity contribution < 1.29 is 4.74 Å². The number of benzene rings is 1. The maximum Gasteiger partial charge on any atom is 0.307 e. The zero-order valence-corrected chi connectivity index (χ0v) is 13.6. The molecule has 0 atom stereocenters. The Morgan fingerprint density at radius 2 is 2.05 bits per heavy atom. The number of ether oxygens (including phenoxy) is 1. The third-order valence-electron chi connectivity index (χ3n) is 3.57. The fraction of sp³-hybridized carbons (Fsp3) is 0.438. The summed E-state index contributed by atoms with van der Waals surface area (Å²) >= 11 is 1.31. The highest BCUT2D eigenvalue weighted by Gasteiger charge is 2.14. The summed E-state index contributed by atoms with van der Waals surface area (Å²) in [7, 11) is 1.67. The second-order valence-electron chi connectivity index (χ2n) is 5.10. The second kappa shape index (κ2) is 6.91. The first kappa shape index (κ1) is 15.8. The predicted molar refractivity (Wildman–Crippen MR) is 88.3 cm³/mol. The molecular weight excluding hydrogens is 284 g/mol. The summed E-state index contributed by atoms with van der Waals surface area (Å²) in [6, 6.07) is 6.04. The van der Waals surface area contributed by atoms with E-state index in [9.17, 15) is 4.79 Å². The first-order chi connectivity index (χ1) is 10.1. The van der Waals surface area contributed by atoms with E-state index in [2.05, 4.69) is 6.07 Å². The molecule has 21 heavy (non-hydrogen) atoms. The van der Waals surface area contributed by atoms with Gasteiger partial charge >= 0.3 is 4.87 Å². The molecule has 4 nitrogen and oxygen atoms in total. The van der Waals surface area contributed by atoms with E-state index in [0.717, 1.165) is 46.8 Å². The van der Waals surface area contributed by atoms with Crippen LogP contribution in [0.5, 0.6) is 5.75 Å². The Morgan fingerprint density at radius 1 is 1.29 bits per heavy atom. The van der Waals surface area contributed by atoms with Crippen LogP contribution in [0.15, 0.2) is 23.0 Å². The highest BCUT2D eigenvalue weighted by molar-refractivity contribution is 7.09. The molecule has 1 aromatic carbocycles. The van der Waals surface area contributed by atoms with Crippen LogP contribution in [0.3, 0.4) is 0 Å². The number of nitrogens with zero attached hydrogens (tertiary/aromatic N) is 1. The summed E-state index contributed by atoms with van der Waals surface area (Å²) in [4.78, 5) is 13.3. The topological polar surface area (TPSA) is 57.2 Å². The molecule has 1 heterocycles. The fourth-order valence-electron chi connectivity index (χ4n) is 2.52. The Kier molecular flexibility index (Phi) is 5.20. The molecule has 0 aliphatic carbocycles. The number of hydrogen-bond acceptors (Lipinski definition) is 4. The lowest BCUT2D eigenvalue weighted by atomic mass is 10.1. The molecule has 0 aliphatic rings. The lowest BCUT2D eigenvalue weighted by molar-refractivity contribution is 0.412. The summed E-state index contributed by atoms with van der Waals surface area (Å²) in [5, 5.41) is 0. The lowest BCUT2D eigenvalue weighted by Crippen LogP contribution is -2.15. The molecule has 0 radical (unpaired) electrons. The summed E-state index contributed by atoms with van der Waals surface area (Å²) in [5.74, 6) is 0.865. The van der Waals surface area contributed by atoms with Crippen molar-refractivity contribution in [1.82, 2.24) is 4.57 Å². The Morgan fingerprint density at radius 3 is 2.67 bits per heavy atom. The van der Waals surface area contributed by atoms with Crippen LogP contribution in [0.1, 0.15) is 23.3 Å². The number of rotatable bonds is 6. The van der Waals surface area contributed by atoms with Crippen LogP contribution in [0, 0.1) is 13.8 Å². The first-order valence-corrected chi connectivity index (χ1v) is 7.95. The Hall–Kier alpha value is -1.59. The van der Waals surface area contributed by atoms with Gasteiger partial charge in [0.15, 0.2) is 0 Å². The number of nitrogens with two attached hydrogens (primary N) is 1. The Labute approximate surface area is 129 Å². The highest BCUT2D eigenvalue weighted by Crippen LogP contribution is 2.29. The van der Waals surface area contributed by atoms with Crippen LogP contribution in [-0.2, 0) is 6.54 Å². The molecule has 0 aliphatic heterocycles. The van der Waals surface area contributed by atoms with Gasteiger partial charge in [-0.1, -0.05) is 11.3 Å². The molecule has 1 aromatic heterocycles. The monoisotopic (exact) mass is 306 g/mol. The summed E-state index contributed by atoms with van der Waals surface area (Å²) < 4.78 is 7.17. The van der Waals surface area contributed by atoms with Gasteiger partial charge in [-0.05, 0) is 62.6 Å². The van der Waals surface area contributed by atoms with Crippen LogP contribution >= 0.6 is 11.3 Å². The molecule has 2 N–H and O–H groups in total. The molecular formula is C16H22N2O2S. The van der Waals surface area contributed by atoms with Crippen LogP contribution in [0.2, 0.25) is 0 Å². The van der Waals surface area contributed by atoms with Crippen molar-refractivity contribution in [3.8, 4) is 17.0 Å². The van der Waals surface area contributed by atoms with Crippen LogP contribution < -0.4 is 15.3 Å². The molecule has 5 heteroatoms. The average molecular weight is 306 g/mol. The van der Waals surface area contributed by atoms with E-state index in [1.807, 2.05) is 30.5 Å². The second-order valence-corrected chi connectivity index (χ2v) is 6.27. The van der Waals surface area contributed by atoms with Gasteiger partial charge in [0.2, 0.25) is 0 Å². The minimum Gasteiger partial charge on any atom is -0.496 e. The zero-order chi connectivity index (χ0) is 15.4. The summed E-state index contributed by atoms with van der Waals surface area (Å²) in [6.07, 6.45) is 1.86. The molecule has 0 spiro atoms. The van der Waals surface area contributed by atoms with Gasteiger partial charge in [-0.2, -0.15) is 0 Å². The smallest absolute Gasteiger partial charge is 0.307 e. The zero-order valence-electron chi connectivity index (χ0n) is 12.8. The van der Waals surface area contributed by atoms with Gasteiger partial charge in [-0.15, -0.1) is 0 Å². The number of aromatic nitrogens is 1. The molecule has 0 bridgehead atoms. The van der Waals surface area contributed by atoms with E-state index >= 15 is 0 Å². The number of unbranched alkanes of at least 4 members (excludes halogenated alkanes) is 1. The predicted octanol–water partition coefficient (Wildman–Crippen LogP) is 2.94. The van der Waals surface area contributed by atoms with Gasteiger partial charge in [-0.25, -0.2) is 0 Å². The minimum atomic E-state index is 0.105. The van der Waals surface area contributed by atoms with E-state index in [-0.39, 0.29) is 4.87 Å². The number of thiazole rings is 1. The molecule has 2 aromatic rings. The van der Waals surface area contributed by atoms with E-state index in [4.69, 9.17) is 10.5 Å². The van der Waals surface area contributed by atoms with Gasteiger partial charge in [0.1, 0.15) is 5.75 Å². The standard InChI is InChI=1S/C16H22N2O2S/c1-11-10-13(6-7-14(11)20-3)15-12(2)21-16(19)18(15)9-5-4-8-17/h6-7,10H,4-5,8-9,17H2,1-3H3. The first-order valence-electron chi connectivity index (χ1n) is 7.13.